The first-order chi connectivity index (χ1) is 9.11. The highest BCUT2D eigenvalue weighted by molar-refractivity contribution is 5.76. The molecule has 0 aliphatic carbocycles. The van der Waals surface area contributed by atoms with E-state index in [-0.39, 0.29) is 6.42 Å². The maximum atomic E-state index is 13.5. The van der Waals surface area contributed by atoms with Gasteiger partial charge >= 0.3 is 0 Å². The summed E-state index contributed by atoms with van der Waals surface area (Å²) in [6, 6.07) is 8.53. The van der Waals surface area contributed by atoms with Gasteiger partial charge in [0.05, 0.1) is 6.42 Å². The molecule has 1 aromatic heterocycles. The first-order valence-corrected chi connectivity index (χ1v) is 5.71. The fourth-order valence-electron chi connectivity index (χ4n) is 1.90. The third kappa shape index (κ3) is 2.27. The summed E-state index contributed by atoms with van der Waals surface area (Å²) >= 11 is 0. The van der Waals surface area contributed by atoms with E-state index < -0.39 is 11.6 Å². The molecule has 0 bridgehead atoms. The Balaban J connectivity index is 1.96. The zero-order valence-corrected chi connectivity index (χ0v) is 9.86. The molecule has 0 aliphatic rings. The van der Waals surface area contributed by atoms with Crippen LogP contribution in [0.2, 0.25) is 0 Å². The topological polar surface area (TPSA) is 52.0 Å². The number of nitrogen functional groups attached to an aromatic ring is 1. The van der Waals surface area contributed by atoms with Gasteiger partial charge in [0.25, 0.3) is 0 Å². The van der Waals surface area contributed by atoms with Crippen LogP contribution in [0.5, 0.6) is 0 Å². The molecule has 0 radical (unpaired) electrons. The molecule has 0 spiro atoms. The molecule has 2 aromatic carbocycles. The lowest BCUT2D eigenvalue weighted by atomic mass is 10.1. The number of aromatic nitrogens is 1. The first-order valence-electron chi connectivity index (χ1n) is 5.71. The summed E-state index contributed by atoms with van der Waals surface area (Å²) < 4.78 is 31.8. The van der Waals surface area contributed by atoms with Crippen LogP contribution >= 0.6 is 0 Å². The lowest BCUT2D eigenvalue weighted by Crippen LogP contribution is -1.93. The minimum Gasteiger partial charge on any atom is -0.440 e. The summed E-state index contributed by atoms with van der Waals surface area (Å²) in [5.41, 5.74) is 7.77. The number of hydrogen-bond donors (Lipinski definition) is 1. The Hall–Kier alpha value is -2.43. The van der Waals surface area contributed by atoms with Gasteiger partial charge in [-0.2, -0.15) is 0 Å². The van der Waals surface area contributed by atoms with Gasteiger partial charge in [-0.3, -0.25) is 0 Å². The number of anilines is 1. The van der Waals surface area contributed by atoms with E-state index in [0.717, 1.165) is 6.07 Å². The Kier molecular flexibility index (Phi) is 2.67. The van der Waals surface area contributed by atoms with Gasteiger partial charge in [0, 0.05) is 11.8 Å². The number of rotatable bonds is 2. The molecular formula is C14H10F2N2O. The molecule has 5 heteroatoms. The predicted molar refractivity (Wildman–Crippen MR) is 67.6 cm³/mol. The van der Waals surface area contributed by atoms with Crippen LogP contribution in [0, 0.1) is 11.6 Å². The lowest BCUT2D eigenvalue weighted by Gasteiger charge is -1.99. The summed E-state index contributed by atoms with van der Waals surface area (Å²) in [4.78, 5) is 4.23. The smallest absolute Gasteiger partial charge is 0.200 e. The maximum Gasteiger partial charge on any atom is 0.200 e. The summed E-state index contributed by atoms with van der Waals surface area (Å²) in [7, 11) is 0. The number of nitrogens with zero attached hydrogens (tertiary/aromatic N) is 1. The van der Waals surface area contributed by atoms with Gasteiger partial charge in [-0.1, -0.05) is 6.07 Å². The fraction of sp³-hybridized carbons (Fsp3) is 0.0714. The van der Waals surface area contributed by atoms with Crippen molar-refractivity contribution in [2.45, 2.75) is 6.42 Å². The van der Waals surface area contributed by atoms with Crippen LogP contribution in [0.3, 0.4) is 0 Å². The highest BCUT2D eigenvalue weighted by Gasteiger charge is 2.10. The average molecular weight is 260 g/mol. The van der Waals surface area contributed by atoms with Crippen molar-refractivity contribution in [3.63, 3.8) is 0 Å². The molecule has 3 nitrogen and oxygen atoms in total. The predicted octanol–water partition coefficient (Wildman–Crippen LogP) is 3.28. The van der Waals surface area contributed by atoms with Crippen molar-refractivity contribution < 1.29 is 13.2 Å². The highest BCUT2D eigenvalue weighted by Crippen LogP contribution is 2.21. The molecule has 3 rings (SSSR count). The minimum atomic E-state index is -0.609. The molecule has 96 valence electrons. The van der Waals surface area contributed by atoms with Crippen molar-refractivity contribution in [1.82, 2.24) is 4.98 Å². The largest absolute Gasteiger partial charge is 0.440 e. The zero-order valence-electron chi connectivity index (χ0n) is 9.86. The van der Waals surface area contributed by atoms with E-state index in [9.17, 15) is 8.78 Å². The Morgan fingerprint density at radius 2 is 1.95 bits per heavy atom. The lowest BCUT2D eigenvalue weighted by molar-refractivity contribution is 0.529. The molecule has 1 heterocycles. The normalized spacial score (nSPS) is 11.1. The molecule has 0 saturated heterocycles. The van der Waals surface area contributed by atoms with Crippen LogP contribution in [0.1, 0.15) is 11.5 Å². The van der Waals surface area contributed by atoms with Crippen molar-refractivity contribution in [1.29, 1.82) is 0 Å². The van der Waals surface area contributed by atoms with E-state index in [2.05, 4.69) is 4.98 Å². The molecule has 0 aliphatic heterocycles. The van der Waals surface area contributed by atoms with E-state index in [1.54, 1.807) is 18.2 Å². The van der Waals surface area contributed by atoms with Crippen LogP contribution in [0.4, 0.5) is 14.5 Å². The third-order valence-corrected chi connectivity index (χ3v) is 2.81. The van der Waals surface area contributed by atoms with Crippen molar-refractivity contribution in [3.8, 4) is 0 Å². The van der Waals surface area contributed by atoms with Crippen LogP contribution in [0.15, 0.2) is 40.8 Å². The minimum absolute atomic E-state index is 0.167. The van der Waals surface area contributed by atoms with Crippen LogP contribution in [-0.4, -0.2) is 4.98 Å². The Morgan fingerprint density at radius 3 is 2.74 bits per heavy atom. The van der Waals surface area contributed by atoms with Crippen molar-refractivity contribution in [2.24, 2.45) is 0 Å². The van der Waals surface area contributed by atoms with Crippen LogP contribution in [0.25, 0.3) is 11.1 Å². The van der Waals surface area contributed by atoms with Crippen molar-refractivity contribution >= 4 is 16.8 Å². The molecule has 0 amide bonds. The van der Waals surface area contributed by atoms with Crippen LogP contribution in [-0.2, 0) is 6.42 Å². The van der Waals surface area contributed by atoms with Crippen LogP contribution < -0.4 is 5.73 Å². The molecule has 0 saturated carbocycles. The third-order valence-electron chi connectivity index (χ3n) is 2.81. The summed E-state index contributed by atoms with van der Waals surface area (Å²) in [6.07, 6.45) is 0.167. The van der Waals surface area contributed by atoms with Crippen molar-refractivity contribution in [3.05, 3.63) is 59.5 Å². The van der Waals surface area contributed by atoms with E-state index >= 15 is 0 Å². The van der Waals surface area contributed by atoms with Gasteiger partial charge in [0.2, 0.25) is 0 Å². The molecule has 2 N–H and O–H groups in total. The van der Waals surface area contributed by atoms with E-state index in [4.69, 9.17) is 10.2 Å². The van der Waals surface area contributed by atoms with E-state index in [1.165, 1.54) is 12.1 Å². The van der Waals surface area contributed by atoms with Gasteiger partial charge < -0.3 is 10.2 Å². The molecular weight excluding hydrogens is 250 g/mol. The van der Waals surface area contributed by atoms with Gasteiger partial charge in [-0.25, -0.2) is 13.8 Å². The maximum absolute atomic E-state index is 13.5. The van der Waals surface area contributed by atoms with Crippen molar-refractivity contribution in [2.75, 3.05) is 5.73 Å². The summed E-state index contributed by atoms with van der Waals surface area (Å²) in [5, 5.41) is 0. The Bertz CT molecular complexity index is 752. The molecule has 3 aromatic rings. The van der Waals surface area contributed by atoms with Gasteiger partial charge in [-0.05, 0) is 29.8 Å². The Morgan fingerprint density at radius 1 is 1.11 bits per heavy atom. The monoisotopic (exact) mass is 260 g/mol. The number of oxazole rings is 1. The summed E-state index contributed by atoms with van der Waals surface area (Å²) in [5.74, 6) is -0.848. The molecule has 0 fully saturated rings. The number of fused-ring (bicyclic) bond motifs is 1. The van der Waals surface area contributed by atoms with E-state index in [0.29, 0.717) is 28.2 Å². The zero-order chi connectivity index (χ0) is 13.4. The van der Waals surface area contributed by atoms with Gasteiger partial charge in [-0.15, -0.1) is 0 Å². The molecule has 19 heavy (non-hydrogen) atoms. The molecule has 0 atom stereocenters. The summed E-state index contributed by atoms with van der Waals surface area (Å²) in [6.45, 7) is 0. The Labute approximate surface area is 107 Å². The highest BCUT2D eigenvalue weighted by atomic mass is 19.1. The second-order valence-corrected chi connectivity index (χ2v) is 4.25. The molecule has 0 unspecified atom stereocenters. The second-order valence-electron chi connectivity index (χ2n) is 4.25. The SMILES string of the molecule is Nc1ccc2oc(Cc3ccc(F)cc3F)nc2c1. The van der Waals surface area contributed by atoms with Gasteiger partial charge in [0.15, 0.2) is 11.5 Å². The van der Waals surface area contributed by atoms with E-state index in [1.807, 2.05) is 0 Å². The quantitative estimate of drug-likeness (QED) is 0.719. The number of benzene rings is 2. The number of hydrogen-bond acceptors (Lipinski definition) is 3. The fourth-order valence-corrected chi connectivity index (χ4v) is 1.90. The average Bonchev–Trinajstić information content (AvgIpc) is 2.74. The second kappa shape index (κ2) is 4.35. The van der Waals surface area contributed by atoms with Gasteiger partial charge in [0.1, 0.15) is 17.2 Å². The number of nitrogens with two attached hydrogens (primary N) is 1. The standard InChI is InChI=1S/C14H10F2N2O/c15-9-2-1-8(11(16)6-9)5-14-18-12-7-10(17)3-4-13(12)19-14/h1-4,6-7H,5,17H2. The first kappa shape index (κ1) is 11.6. The number of halogens is 2.